The smallest absolute Gasteiger partial charge is 0.413 e. The van der Waals surface area contributed by atoms with E-state index in [9.17, 15) is 24.6 Å². The van der Waals surface area contributed by atoms with Crippen molar-refractivity contribution in [1.29, 1.82) is 0 Å². The highest BCUT2D eigenvalue weighted by molar-refractivity contribution is 7.21. The van der Waals surface area contributed by atoms with Crippen LogP contribution in [-0.4, -0.2) is 52.2 Å². The van der Waals surface area contributed by atoms with Crippen LogP contribution in [0, 0.1) is 0 Å². The molecule has 4 rings (SSSR count). The topological polar surface area (TPSA) is 124 Å². The summed E-state index contributed by atoms with van der Waals surface area (Å²) in [6.07, 6.45) is -1.72. The predicted octanol–water partition coefficient (Wildman–Crippen LogP) is 5.24. The Hall–Kier alpha value is -4.09. The van der Waals surface area contributed by atoms with Crippen LogP contribution >= 0.6 is 22.7 Å². The van der Waals surface area contributed by atoms with Crippen molar-refractivity contribution in [3.8, 4) is 0 Å². The summed E-state index contributed by atoms with van der Waals surface area (Å²) in [6, 6.07) is 18.9. The minimum atomic E-state index is -1.19. The van der Waals surface area contributed by atoms with E-state index in [0.717, 1.165) is 43.6 Å². The van der Waals surface area contributed by atoms with Crippen LogP contribution in [0.5, 0.6) is 0 Å². The van der Waals surface area contributed by atoms with E-state index < -0.39 is 12.2 Å². The van der Waals surface area contributed by atoms with Crippen LogP contribution in [0.25, 0.3) is 0 Å². The third kappa shape index (κ3) is 5.42. The van der Waals surface area contributed by atoms with Crippen LogP contribution in [0.4, 0.5) is 19.9 Å². The third-order valence-electron chi connectivity index (χ3n) is 5.36. The number of amides is 2. The average Bonchev–Trinajstić information content (AvgIpc) is 3.48. The Labute approximate surface area is 214 Å². The molecule has 0 aliphatic rings. The lowest BCUT2D eigenvalue weighted by molar-refractivity contribution is 0.104. The zero-order valence-corrected chi connectivity index (χ0v) is 21.0. The number of aromatic nitrogens is 2. The molecular formula is C25H22N4O5S2. The fourth-order valence-electron chi connectivity index (χ4n) is 3.40. The van der Waals surface area contributed by atoms with Crippen molar-refractivity contribution in [1.82, 2.24) is 9.97 Å². The molecule has 0 aliphatic heterocycles. The number of anilines is 2. The van der Waals surface area contributed by atoms with E-state index in [1.807, 2.05) is 60.7 Å². The van der Waals surface area contributed by atoms with Crippen molar-refractivity contribution in [2.24, 2.45) is 0 Å². The number of carboxylic acid groups (broad SMARTS) is 2. The number of hydrogen-bond acceptors (Lipinski definition) is 7. The standard InChI is InChI=1S/C25H22N4O5S2/c1-28(24(31)32)22-26-17(13-15-9-5-3-6-10-15)20(35-22)19(30)21-18(14-16-11-7-4-8-12-16)27-23(36-21)29(2)25(33)34/h3-12H,13-14H2,1-2H3,(H,31,32)(H,33,34). The van der Waals surface area contributed by atoms with Gasteiger partial charge in [-0.2, -0.15) is 0 Å². The molecule has 2 aromatic carbocycles. The molecular weight excluding hydrogens is 500 g/mol. The number of carbonyl (C=O) groups excluding carboxylic acids is 1. The van der Waals surface area contributed by atoms with E-state index in [0.29, 0.717) is 34.0 Å². The summed E-state index contributed by atoms with van der Waals surface area (Å²) in [7, 11) is 2.74. The number of thiazole rings is 2. The molecule has 0 radical (unpaired) electrons. The van der Waals surface area contributed by atoms with E-state index in [4.69, 9.17) is 0 Å². The van der Waals surface area contributed by atoms with Gasteiger partial charge in [-0.15, -0.1) is 0 Å². The molecule has 0 unspecified atom stereocenters. The van der Waals surface area contributed by atoms with Gasteiger partial charge in [0.05, 0.1) is 11.4 Å². The molecule has 0 saturated carbocycles. The van der Waals surface area contributed by atoms with Crippen LogP contribution < -0.4 is 9.80 Å². The van der Waals surface area contributed by atoms with Gasteiger partial charge in [0.1, 0.15) is 9.75 Å². The number of ketones is 1. The average molecular weight is 523 g/mol. The van der Waals surface area contributed by atoms with Gasteiger partial charge in [0.2, 0.25) is 5.78 Å². The Balaban J connectivity index is 1.80. The van der Waals surface area contributed by atoms with Crippen LogP contribution in [-0.2, 0) is 12.8 Å². The van der Waals surface area contributed by atoms with Crippen LogP contribution in [0.3, 0.4) is 0 Å². The Bertz CT molecular complexity index is 1300. The van der Waals surface area contributed by atoms with Crippen molar-refractivity contribution >= 4 is 50.9 Å². The summed E-state index contributed by atoms with van der Waals surface area (Å²) in [6.45, 7) is 0. The molecule has 11 heteroatoms. The Morgan fingerprint density at radius 3 is 1.39 bits per heavy atom. The summed E-state index contributed by atoms with van der Waals surface area (Å²) >= 11 is 1.98. The first-order valence-corrected chi connectivity index (χ1v) is 12.4. The van der Waals surface area contributed by atoms with E-state index >= 15 is 0 Å². The third-order valence-corrected chi connectivity index (χ3v) is 7.71. The predicted molar refractivity (Wildman–Crippen MR) is 139 cm³/mol. The maximum Gasteiger partial charge on any atom is 0.413 e. The van der Waals surface area contributed by atoms with Crippen molar-refractivity contribution < 1.29 is 24.6 Å². The molecule has 2 heterocycles. The molecule has 36 heavy (non-hydrogen) atoms. The van der Waals surface area contributed by atoms with Crippen molar-refractivity contribution in [2.75, 3.05) is 23.9 Å². The molecule has 0 bridgehead atoms. The Morgan fingerprint density at radius 1 is 0.694 bits per heavy atom. The molecule has 9 nitrogen and oxygen atoms in total. The monoisotopic (exact) mass is 522 g/mol. The fraction of sp³-hybridized carbons (Fsp3) is 0.160. The zero-order chi connectivity index (χ0) is 25.8. The number of nitrogens with zero attached hydrogens (tertiary/aromatic N) is 4. The SMILES string of the molecule is CN(C(=O)O)c1nc(Cc2ccccc2)c(C(=O)c2sc(N(C)C(=O)O)nc2Cc2ccccc2)s1. The first kappa shape index (κ1) is 25.0. The first-order chi connectivity index (χ1) is 17.2. The zero-order valence-electron chi connectivity index (χ0n) is 19.4. The van der Waals surface area contributed by atoms with Crippen LogP contribution in [0.2, 0.25) is 0 Å². The van der Waals surface area contributed by atoms with E-state index in [1.54, 1.807) is 0 Å². The maximum absolute atomic E-state index is 13.9. The molecule has 2 N–H and O–H groups in total. The molecule has 0 spiro atoms. The fourth-order valence-corrected chi connectivity index (χ4v) is 5.44. The van der Waals surface area contributed by atoms with E-state index in [1.165, 1.54) is 14.1 Å². The van der Waals surface area contributed by atoms with Gasteiger partial charge in [0.15, 0.2) is 10.3 Å². The molecule has 0 aliphatic carbocycles. The van der Waals surface area contributed by atoms with Gasteiger partial charge in [0.25, 0.3) is 0 Å². The van der Waals surface area contributed by atoms with Gasteiger partial charge in [-0.1, -0.05) is 83.3 Å². The summed E-state index contributed by atoms with van der Waals surface area (Å²) in [4.78, 5) is 48.5. The molecule has 4 aromatic rings. The highest BCUT2D eigenvalue weighted by Crippen LogP contribution is 2.35. The van der Waals surface area contributed by atoms with Gasteiger partial charge < -0.3 is 10.2 Å². The molecule has 0 fully saturated rings. The van der Waals surface area contributed by atoms with Crippen molar-refractivity contribution in [3.05, 3.63) is 92.9 Å². The highest BCUT2D eigenvalue weighted by Gasteiger charge is 2.28. The van der Waals surface area contributed by atoms with Gasteiger partial charge >= 0.3 is 12.2 Å². The number of hydrogen-bond donors (Lipinski definition) is 2. The summed E-state index contributed by atoms with van der Waals surface area (Å²) in [5.41, 5.74) is 2.74. The molecule has 2 aromatic heterocycles. The largest absolute Gasteiger partial charge is 0.465 e. The molecule has 0 saturated heterocycles. The lowest BCUT2D eigenvalue weighted by atomic mass is 10.1. The summed E-state index contributed by atoms with van der Waals surface area (Å²) in [5.74, 6) is -0.364. The minimum Gasteiger partial charge on any atom is -0.465 e. The second-order valence-electron chi connectivity index (χ2n) is 7.88. The lowest BCUT2D eigenvalue weighted by Gasteiger charge is -2.07. The molecule has 184 valence electrons. The van der Waals surface area contributed by atoms with Gasteiger partial charge in [-0.05, 0) is 11.1 Å². The molecule has 0 atom stereocenters. The lowest BCUT2D eigenvalue weighted by Crippen LogP contribution is -2.23. The summed E-state index contributed by atoms with van der Waals surface area (Å²) in [5, 5.41) is 19.2. The van der Waals surface area contributed by atoms with Crippen molar-refractivity contribution in [3.63, 3.8) is 0 Å². The second-order valence-corrected chi connectivity index (χ2v) is 9.84. The number of rotatable bonds is 8. The van der Waals surface area contributed by atoms with E-state index in [2.05, 4.69) is 9.97 Å². The van der Waals surface area contributed by atoms with Crippen LogP contribution in [0.1, 0.15) is 37.1 Å². The summed E-state index contributed by atoms with van der Waals surface area (Å²) < 4.78 is 0. The maximum atomic E-state index is 13.9. The van der Waals surface area contributed by atoms with Gasteiger partial charge in [0, 0.05) is 26.9 Å². The van der Waals surface area contributed by atoms with Gasteiger partial charge in [-0.3, -0.25) is 14.6 Å². The van der Waals surface area contributed by atoms with E-state index in [-0.39, 0.29) is 16.0 Å². The second kappa shape index (κ2) is 10.7. The first-order valence-electron chi connectivity index (χ1n) is 10.8. The highest BCUT2D eigenvalue weighted by atomic mass is 32.1. The quantitative estimate of drug-likeness (QED) is 0.303. The van der Waals surface area contributed by atoms with Gasteiger partial charge in [-0.25, -0.2) is 19.6 Å². The van der Waals surface area contributed by atoms with Crippen LogP contribution in [0.15, 0.2) is 60.7 Å². The number of benzene rings is 2. The normalized spacial score (nSPS) is 10.7. The van der Waals surface area contributed by atoms with Crippen molar-refractivity contribution in [2.45, 2.75) is 12.8 Å². The Kier molecular flexibility index (Phi) is 7.41. The molecule has 2 amide bonds. The number of carbonyl (C=O) groups is 3. The Morgan fingerprint density at radius 2 is 1.06 bits per heavy atom. The minimum absolute atomic E-state index is 0.175.